The molecule has 0 N–H and O–H groups in total. The molecule has 4 rings (SSSR count). The Balaban J connectivity index is 1.35. The fraction of sp³-hybridized carbons (Fsp3) is 0.400. The number of fused-ring (bicyclic) bond motifs is 1. The second kappa shape index (κ2) is 8.12. The minimum absolute atomic E-state index is 0.364. The Labute approximate surface area is 158 Å². The molecule has 26 heavy (non-hydrogen) atoms. The van der Waals surface area contributed by atoms with Crippen LogP contribution in [0.1, 0.15) is 34.2 Å². The van der Waals surface area contributed by atoms with Crippen molar-refractivity contribution >= 4 is 11.3 Å². The SMILES string of the molecule is Cc1ccsc1CN1Cc2ccnn2C(CCOCc2cccnc2)C1. The largest absolute Gasteiger partial charge is 0.377 e. The molecule has 3 aromatic rings. The van der Waals surface area contributed by atoms with Crippen molar-refractivity contribution in [2.45, 2.75) is 39.1 Å². The maximum Gasteiger partial charge on any atom is 0.0731 e. The third-order valence-electron chi connectivity index (χ3n) is 4.87. The first-order valence-corrected chi connectivity index (χ1v) is 9.92. The number of thiophene rings is 1. The van der Waals surface area contributed by atoms with Crippen LogP contribution in [0.2, 0.25) is 0 Å². The van der Waals surface area contributed by atoms with Crippen molar-refractivity contribution < 1.29 is 4.74 Å². The Morgan fingerprint density at radius 1 is 1.27 bits per heavy atom. The molecule has 0 aliphatic carbocycles. The third-order valence-corrected chi connectivity index (χ3v) is 5.88. The van der Waals surface area contributed by atoms with E-state index in [9.17, 15) is 0 Å². The number of pyridine rings is 1. The molecule has 1 aliphatic heterocycles. The molecule has 136 valence electrons. The van der Waals surface area contributed by atoms with E-state index >= 15 is 0 Å². The van der Waals surface area contributed by atoms with Crippen LogP contribution in [0, 0.1) is 6.92 Å². The van der Waals surface area contributed by atoms with E-state index in [4.69, 9.17) is 4.74 Å². The van der Waals surface area contributed by atoms with Gasteiger partial charge in [0.05, 0.1) is 18.3 Å². The second-order valence-corrected chi connectivity index (χ2v) is 7.82. The fourth-order valence-corrected chi connectivity index (χ4v) is 4.41. The minimum Gasteiger partial charge on any atom is -0.377 e. The molecule has 0 fully saturated rings. The highest BCUT2D eigenvalue weighted by Crippen LogP contribution is 2.26. The molecule has 3 aromatic heterocycles. The van der Waals surface area contributed by atoms with E-state index in [1.807, 2.05) is 35.9 Å². The van der Waals surface area contributed by atoms with E-state index in [1.54, 1.807) is 6.20 Å². The number of hydrogen-bond donors (Lipinski definition) is 0. The van der Waals surface area contributed by atoms with Gasteiger partial charge in [0.15, 0.2) is 0 Å². The summed E-state index contributed by atoms with van der Waals surface area (Å²) < 4.78 is 8.06. The number of rotatable bonds is 7. The highest BCUT2D eigenvalue weighted by atomic mass is 32.1. The van der Waals surface area contributed by atoms with Gasteiger partial charge in [0, 0.05) is 49.7 Å². The Bertz CT molecular complexity index is 829. The summed E-state index contributed by atoms with van der Waals surface area (Å²) in [5.74, 6) is 0. The molecule has 0 amide bonds. The first-order valence-electron chi connectivity index (χ1n) is 9.04. The lowest BCUT2D eigenvalue weighted by atomic mass is 10.1. The Hall–Kier alpha value is -2.02. The lowest BCUT2D eigenvalue weighted by Crippen LogP contribution is -2.37. The van der Waals surface area contributed by atoms with E-state index < -0.39 is 0 Å². The highest BCUT2D eigenvalue weighted by Gasteiger charge is 2.25. The Morgan fingerprint density at radius 3 is 3.04 bits per heavy atom. The van der Waals surface area contributed by atoms with Gasteiger partial charge in [-0.2, -0.15) is 5.10 Å². The van der Waals surface area contributed by atoms with Crippen molar-refractivity contribution in [1.29, 1.82) is 0 Å². The van der Waals surface area contributed by atoms with Crippen molar-refractivity contribution in [3.05, 3.63) is 69.9 Å². The van der Waals surface area contributed by atoms with Crippen molar-refractivity contribution in [3.8, 4) is 0 Å². The zero-order valence-electron chi connectivity index (χ0n) is 15.0. The second-order valence-electron chi connectivity index (χ2n) is 6.82. The van der Waals surface area contributed by atoms with Gasteiger partial charge in [0.25, 0.3) is 0 Å². The molecular weight excluding hydrogens is 344 g/mol. The monoisotopic (exact) mass is 368 g/mol. The van der Waals surface area contributed by atoms with Crippen molar-refractivity contribution in [2.75, 3.05) is 13.2 Å². The van der Waals surface area contributed by atoms with Crippen LogP contribution in [-0.2, 0) is 24.4 Å². The van der Waals surface area contributed by atoms with Crippen LogP contribution < -0.4 is 0 Å². The summed E-state index contributed by atoms with van der Waals surface area (Å²) in [5.41, 5.74) is 3.80. The molecule has 0 spiro atoms. The molecule has 0 radical (unpaired) electrons. The summed E-state index contributed by atoms with van der Waals surface area (Å²) in [6, 6.07) is 8.70. The number of hydrogen-bond acceptors (Lipinski definition) is 5. The van der Waals surface area contributed by atoms with Crippen molar-refractivity contribution in [2.24, 2.45) is 0 Å². The van der Waals surface area contributed by atoms with Gasteiger partial charge in [-0.1, -0.05) is 6.07 Å². The molecule has 0 saturated carbocycles. The van der Waals surface area contributed by atoms with Gasteiger partial charge in [0.1, 0.15) is 0 Å². The topological polar surface area (TPSA) is 43.2 Å². The number of aromatic nitrogens is 3. The highest BCUT2D eigenvalue weighted by molar-refractivity contribution is 7.10. The van der Waals surface area contributed by atoms with Crippen LogP contribution >= 0.6 is 11.3 Å². The molecule has 1 unspecified atom stereocenters. The van der Waals surface area contributed by atoms with Gasteiger partial charge < -0.3 is 4.74 Å². The summed E-state index contributed by atoms with van der Waals surface area (Å²) in [7, 11) is 0. The van der Waals surface area contributed by atoms with Gasteiger partial charge >= 0.3 is 0 Å². The van der Waals surface area contributed by atoms with Crippen LogP contribution in [0.15, 0.2) is 48.2 Å². The summed E-state index contributed by atoms with van der Waals surface area (Å²) >= 11 is 1.85. The van der Waals surface area contributed by atoms with Crippen molar-refractivity contribution in [3.63, 3.8) is 0 Å². The normalized spacial score (nSPS) is 17.3. The molecule has 6 heteroatoms. The average Bonchev–Trinajstić information content (AvgIpc) is 3.29. The van der Waals surface area contributed by atoms with E-state index in [0.29, 0.717) is 12.6 Å². The van der Waals surface area contributed by atoms with E-state index in [0.717, 1.165) is 38.2 Å². The summed E-state index contributed by atoms with van der Waals surface area (Å²) in [5, 5.41) is 6.73. The standard InChI is InChI=1S/C20H24N4OS/c1-16-6-10-26-20(16)14-23-12-18-4-8-22-24(18)19(13-23)5-9-25-15-17-3-2-7-21-11-17/h2-4,6-8,10-11,19H,5,9,12-15H2,1H3. The van der Waals surface area contributed by atoms with E-state index in [2.05, 4.69) is 44.1 Å². The molecule has 0 aromatic carbocycles. The van der Waals surface area contributed by atoms with Crippen LogP contribution in [0.25, 0.3) is 0 Å². The molecule has 4 heterocycles. The third kappa shape index (κ3) is 4.03. The average molecular weight is 369 g/mol. The van der Waals surface area contributed by atoms with Gasteiger partial charge in [-0.3, -0.25) is 14.6 Å². The van der Waals surface area contributed by atoms with Crippen molar-refractivity contribution in [1.82, 2.24) is 19.7 Å². The Morgan fingerprint density at radius 2 is 2.23 bits per heavy atom. The van der Waals surface area contributed by atoms with Gasteiger partial charge in [0.2, 0.25) is 0 Å². The fourth-order valence-electron chi connectivity index (χ4n) is 3.46. The summed E-state index contributed by atoms with van der Waals surface area (Å²) in [6.07, 6.45) is 6.53. The molecule has 1 aliphatic rings. The predicted molar refractivity (Wildman–Crippen MR) is 103 cm³/mol. The van der Waals surface area contributed by atoms with E-state index in [1.165, 1.54) is 16.1 Å². The maximum absolute atomic E-state index is 5.88. The maximum atomic E-state index is 5.88. The number of aryl methyl sites for hydroxylation is 1. The zero-order chi connectivity index (χ0) is 17.8. The zero-order valence-corrected chi connectivity index (χ0v) is 15.9. The summed E-state index contributed by atoms with van der Waals surface area (Å²) in [6.45, 7) is 6.54. The van der Waals surface area contributed by atoms with Crippen LogP contribution in [0.4, 0.5) is 0 Å². The first-order chi connectivity index (χ1) is 12.8. The summed E-state index contributed by atoms with van der Waals surface area (Å²) in [4.78, 5) is 8.12. The van der Waals surface area contributed by atoms with Gasteiger partial charge in [-0.15, -0.1) is 11.3 Å². The number of ether oxygens (including phenoxy) is 1. The molecule has 0 saturated heterocycles. The van der Waals surface area contributed by atoms with E-state index in [-0.39, 0.29) is 0 Å². The van der Waals surface area contributed by atoms with Crippen LogP contribution in [0.3, 0.4) is 0 Å². The van der Waals surface area contributed by atoms with Gasteiger partial charge in [-0.05, 0) is 48.1 Å². The lowest BCUT2D eigenvalue weighted by molar-refractivity contribution is 0.0874. The quantitative estimate of drug-likeness (QED) is 0.595. The molecule has 5 nitrogen and oxygen atoms in total. The predicted octanol–water partition coefficient (Wildman–Crippen LogP) is 3.81. The number of nitrogens with zero attached hydrogens (tertiary/aromatic N) is 4. The lowest BCUT2D eigenvalue weighted by Gasteiger charge is -2.33. The molecule has 1 atom stereocenters. The smallest absolute Gasteiger partial charge is 0.0731 e. The minimum atomic E-state index is 0.364. The first kappa shape index (κ1) is 17.4. The van der Waals surface area contributed by atoms with Crippen LogP contribution in [-0.4, -0.2) is 32.8 Å². The molecular formula is C20H24N4OS. The van der Waals surface area contributed by atoms with Crippen LogP contribution in [0.5, 0.6) is 0 Å². The van der Waals surface area contributed by atoms with Gasteiger partial charge in [-0.25, -0.2) is 0 Å². The Kier molecular flexibility index (Phi) is 5.43. The molecule has 0 bridgehead atoms.